The molecule has 0 radical (unpaired) electrons. The molecule has 21 heavy (non-hydrogen) atoms. The summed E-state index contributed by atoms with van der Waals surface area (Å²) in [6.45, 7) is 0. The van der Waals surface area contributed by atoms with Crippen molar-refractivity contribution in [1.29, 1.82) is 0 Å². The van der Waals surface area contributed by atoms with Crippen LogP contribution in [0.4, 0.5) is 11.4 Å². The molecule has 1 fully saturated rings. The molecule has 0 bridgehead atoms. The van der Waals surface area contributed by atoms with Gasteiger partial charge in [0.05, 0.1) is 16.4 Å². The average molecular weight is 314 g/mol. The van der Waals surface area contributed by atoms with Crippen molar-refractivity contribution in [1.82, 2.24) is 0 Å². The van der Waals surface area contributed by atoms with Gasteiger partial charge in [0, 0.05) is 12.1 Å². The molecule has 0 saturated carbocycles. The van der Waals surface area contributed by atoms with Gasteiger partial charge in [-0.3, -0.25) is 14.9 Å². The Kier molecular flexibility index (Phi) is 4.12. The largest absolute Gasteiger partial charge is 0.506 e. The highest BCUT2D eigenvalue weighted by molar-refractivity contribution is 7.92. The van der Waals surface area contributed by atoms with Crippen molar-refractivity contribution in [3.63, 3.8) is 0 Å². The molecule has 114 valence electrons. The summed E-state index contributed by atoms with van der Waals surface area (Å²) in [5.74, 6) is -1.18. The quantitative estimate of drug-likeness (QED) is 0.490. The number of aromatic hydroxyl groups is 1. The summed E-state index contributed by atoms with van der Waals surface area (Å²) in [5.41, 5.74) is -0.482. The minimum absolute atomic E-state index is 0.0496. The van der Waals surface area contributed by atoms with E-state index in [4.69, 9.17) is 0 Å². The molecule has 1 saturated heterocycles. The number of anilines is 1. The molecule has 1 amide bonds. The Morgan fingerprint density at radius 2 is 2.10 bits per heavy atom. The summed E-state index contributed by atoms with van der Waals surface area (Å²) in [7, 11) is -3.51. The highest BCUT2D eigenvalue weighted by Gasteiger charge is 2.35. The number of phenolic OH excluding ortho intramolecular Hbond substituents is 1. The van der Waals surface area contributed by atoms with Crippen LogP contribution in [0.3, 0.4) is 0 Å². The maximum Gasteiger partial charge on any atom is 0.271 e. The summed E-state index contributed by atoms with van der Waals surface area (Å²) < 4.78 is 23.7. The molecule has 0 spiro atoms. The first-order chi connectivity index (χ1) is 9.81. The highest BCUT2D eigenvalue weighted by atomic mass is 32.2. The molecule has 1 aromatic rings. The van der Waals surface area contributed by atoms with Gasteiger partial charge in [-0.05, 0) is 18.9 Å². The molecule has 1 aliphatic rings. The number of benzene rings is 1. The highest BCUT2D eigenvalue weighted by Crippen LogP contribution is 2.29. The van der Waals surface area contributed by atoms with Crippen molar-refractivity contribution in [2.24, 2.45) is 0 Å². The predicted octanol–water partition coefficient (Wildman–Crippen LogP) is 1.21. The average Bonchev–Trinajstić information content (AvgIpc) is 2.40. The van der Waals surface area contributed by atoms with Gasteiger partial charge in [-0.1, -0.05) is 6.42 Å². The second-order valence-electron chi connectivity index (χ2n) is 4.80. The third-order valence-corrected chi connectivity index (χ3v) is 5.49. The van der Waals surface area contributed by atoms with Crippen LogP contribution < -0.4 is 5.32 Å². The number of nitrogens with one attached hydrogen (secondary N) is 1. The summed E-state index contributed by atoms with van der Waals surface area (Å²) in [6.07, 6.45) is 1.36. The Labute approximate surface area is 120 Å². The van der Waals surface area contributed by atoms with E-state index in [2.05, 4.69) is 5.32 Å². The van der Waals surface area contributed by atoms with Crippen molar-refractivity contribution < 1.29 is 23.2 Å². The number of rotatable bonds is 3. The maximum atomic E-state index is 12.0. The van der Waals surface area contributed by atoms with Crippen LogP contribution in [-0.2, 0) is 14.6 Å². The zero-order valence-electron chi connectivity index (χ0n) is 11.0. The number of hydrogen-bond acceptors (Lipinski definition) is 6. The smallest absolute Gasteiger partial charge is 0.271 e. The second-order valence-corrected chi connectivity index (χ2v) is 7.10. The molecule has 1 unspecified atom stereocenters. The van der Waals surface area contributed by atoms with Crippen LogP contribution in [-0.4, -0.2) is 35.4 Å². The molecular formula is C12H14N2O6S. The van der Waals surface area contributed by atoms with Crippen molar-refractivity contribution in [3.8, 4) is 5.75 Å². The fourth-order valence-electron chi connectivity index (χ4n) is 2.20. The Morgan fingerprint density at radius 1 is 1.38 bits per heavy atom. The zero-order valence-corrected chi connectivity index (χ0v) is 11.8. The SMILES string of the molecule is O=C(Nc1cc([N+](=O)[O-])ccc1O)C1CCCCS1(=O)=O. The lowest BCUT2D eigenvalue weighted by Crippen LogP contribution is -2.39. The van der Waals surface area contributed by atoms with E-state index in [-0.39, 0.29) is 29.3 Å². The van der Waals surface area contributed by atoms with Crippen LogP contribution in [0, 0.1) is 10.1 Å². The number of sulfone groups is 1. The molecule has 0 aliphatic carbocycles. The van der Waals surface area contributed by atoms with Gasteiger partial charge in [-0.2, -0.15) is 0 Å². The summed E-state index contributed by atoms with van der Waals surface area (Å²) in [6, 6.07) is 3.15. The first-order valence-electron chi connectivity index (χ1n) is 6.31. The van der Waals surface area contributed by atoms with Gasteiger partial charge in [0.1, 0.15) is 11.0 Å². The van der Waals surface area contributed by atoms with Gasteiger partial charge >= 0.3 is 0 Å². The number of hydrogen-bond donors (Lipinski definition) is 2. The summed E-state index contributed by atoms with van der Waals surface area (Å²) in [4.78, 5) is 22.0. The molecular weight excluding hydrogens is 300 g/mol. The number of amides is 1. The first-order valence-corrected chi connectivity index (χ1v) is 8.02. The number of nitro groups is 1. The first kappa shape index (κ1) is 15.2. The zero-order chi connectivity index (χ0) is 15.6. The van der Waals surface area contributed by atoms with E-state index < -0.39 is 25.9 Å². The monoisotopic (exact) mass is 314 g/mol. The van der Waals surface area contributed by atoms with Crippen LogP contribution >= 0.6 is 0 Å². The van der Waals surface area contributed by atoms with Crippen LogP contribution in [0.1, 0.15) is 19.3 Å². The molecule has 1 atom stereocenters. The van der Waals surface area contributed by atoms with Gasteiger partial charge in [0.15, 0.2) is 9.84 Å². The van der Waals surface area contributed by atoms with Gasteiger partial charge in [0.25, 0.3) is 5.69 Å². The van der Waals surface area contributed by atoms with E-state index in [1.165, 1.54) is 0 Å². The number of non-ortho nitro benzene ring substituents is 1. The van der Waals surface area contributed by atoms with Gasteiger partial charge < -0.3 is 10.4 Å². The third-order valence-electron chi connectivity index (χ3n) is 3.32. The molecule has 1 aliphatic heterocycles. The van der Waals surface area contributed by atoms with E-state index in [1.807, 2.05) is 0 Å². The number of phenols is 1. The van der Waals surface area contributed by atoms with E-state index in [9.17, 15) is 28.4 Å². The Morgan fingerprint density at radius 3 is 2.71 bits per heavy atom. The fourth-order valence-corrected chi connectivity index (χ4v) is 4.00. The van der Waals surface area contributed by atoms with Gasteiger partial charge in [0.2, 0.25) is 5.91 Å². The molecule has 1 heterocycles. The lowest BCUT2D eigenvalue weighted by molar-refractivity contribution is -0.384. The summed E-state index contributed by atoms with van der Waals surface area (Å²) in [5, 5.41) is 21.4. The Hall–Kier alpha value is -2.16. The molecule has 2 rings (SSSR count). The van der Waals surface area contributed by atoms with Crippen LogP contribution in [0.2, 0.25) is 0 Å². The van der Waals surface area contributed by atoms with E-state index in [0.29, 0.717) is 12.8 Å². The summed E-state index contributed by atoms with van der Waals surface area (Å²) >= 11 is 0. The molecule has 2 N–H and O–H groups in total. The van der Waals surface area contributed by atoms with Crippen molar-refractivity contribution in [3.05, 3.63) is 28.3 Å². The minimum Gasteiger partial charge on any atom is -0.506 e. The number of carbonyl (C=O) groups excluding carboxylic acids is 1. The van der Waals surface area contributed by atoms with Crippen molar-refractivity contribution in [2.45, 2.75) is 24.5 Å². The van der Waals surface area contributed by atoms with Crippen LogP contribution in [0.5, 0.6) is 5.75 Å². The van der Waals surface area contributed by atoms with Crippen LogP contribution in [0.15, 0.2) is 18.2 Å². The third kappa shape index (κ3) is 3.30. The normalized spacial score (nSPS) is 20.7. The van der Waals surface area contributed by atoms with Crippen LogP contribution in [0.25, 0.3) is 0 Å². The lowest BCUT2D eigenvalue weighted by atomic mass is 10.1. The number of nitro benzene ring substituents is 1. The van der Waals surface area contributed by atoms with Gasteiger partial charge in [-0.15, -0.1) is 0 Å². The number of nitrogens with zero attached hydrogens (tertiary/aromatic N) is 1. The van der Waals surface area contributed by atoms with Crippen molar-refractivity contribution in [2.75, 3.05) is 11.1 Å². The lowest BCUT2D eigenvalue weighted by Gasteiger charge is -2.21. The molecule has 1 aromatic carbocycles. The Balaban J connectivity index is 2.23. The minimum atomic E-state index is -3.51. The van der Waals surface area contributed by atoms with E-state index in [1.54, 1.807) is 0 Å². The topological polar surface area (TPSA) is 127 Å². The molecule has 9 heteroatoms. The fraction of sp³-hybridized carbons (Fsp3) is 0.417. The second kappa shape index (κ2) is 5.68. The van der Waals surface area contributed by atoms with Gasteiger partial charge in [-0.25, -0.2) is 8.42 Å². The maximum absolute atomic E-state index is 12.0. The predicted molar refractivity (Wildman–Crippen MR) is 74.8 cm³/mol. The number of carbonyl (C=O) groups is 1. The molecule has 0 aromatic heterocycles. The van der Waals surface area contributed by atoms with E-state index in [0.717, 1.165) is 18.2 Å². The van der Waals surface area contributed by atoms with Crippen molar-refractivity contribution >= 4 is 27.1 Å². The molecule has 8 nitrogen and oxygen atoms in total. The van der Waals surface area contributed by atoms with E-state index >= 15 is 0 Å². The standard InChI is InChI=1S/C12H14N2O6S/c15-10-5-4-8(14(17)18)7-9(10)13-12(16)11-3-1-2-6-21(11,19)20/h4-5,7,11,15H,1-3,6H2,(H,13,16). The Bertz CT molecular complexity index is 685.